The van der Waals surface area contributed by atoms with E-state index in [0.29, 0.717) is 24.3 Å². The number of carbonyl (C=O) groups is 3. The Bertz CT molecular complexity index is 1170. The van der Waals surface area contributed by atoms with E-state index in [0.717, 1.165) is 31.2 Å². The van der Waals surface area contributed by atoms with Gasteiger partial charge in [0, 0.05) is 25.6 Å². The Balaban J connectivity index is 1.59. The van der Waals surface area contributed by atoms with Gasteiger partial charge in [-0.3, -0.25) is 9.59 Å². The van der Waals surface area contributed by atoms with Crippen LogP contribution < -0.4 is 15.4 Å². The maximum atomic E-state index is 13.7. The average Bonchev–Trinajstić information content (AvgIpc) is 2.95. The van der Waals surface area contributed by atoms with Crippen LogP contribution in [-0.4, -0.2) is 77.7 Å². The van der Waals surface area contributed by atoms with Crippen molar-refractivity contribution in [3.8, 4) is 5.75 Å². The van der Waals surface area contributed by atoms with Crippen molar-refractivity contribution < 1.29 is 24.2 Å². The molecular weight excluding hydrogens is 508 g/mol. The predicted octanol–water partition coefficient (Wildman–Crippen LogP) is 4.06. The molecule has 3 N–H and O–H groups in total. The first-order valence-electron chi connectivity index (χ1n) is 14.3. The van der Waals surface area contributed by atoms with Gasteiger partial charge >= 0.3 is 6.03 Å². The molecule has 9 nitrogen and oxygen atoms in total. The lowest BCUT2D eigenvalue weighted by Gasteiger charge is -2.38. The van der Waals surface area contributed by atoms with E-state index in [9.17, 15) is 19.5 Å². The largest absolute Gasteiger partial charge is 0.485 e. The van der Waals surface area contributed by atoms with Crippen molar-refractivity contribution >= 4 is 23.5 Å². The van der Waals surface area contributed by atoms with Crippen LogP contribution in [-0.2, 0) is 11.2 Å². The highest BCUT2D eigenvalue weighted by Gasteiger charge is 2.35. The second-order valence-corrected chi connectivity index (χ2v) is 11.2. The number of ether oxygens (including phenoxy) is 1. The number of anilines is 1. The van der Waals surface area contributed by atoms with Crippen molar-refractivity contribution in [2.45, 2.75) is 70.6 Å². The van der Waals surface area contributed by atoms with Gasteiger partial charge in [-0.15, -0.1) is 0 Å². The predicted molar refractivity (Wildman–Crippen MR) is 154 cm³/mol. The number of hydrogen-bond donors (Lipinski definition) is 3. The van der Waals surface area contributed by atoms with Crippen molar-refractivity contribution in [2.24, 2.45) is 5.92 Å². The number of nitrogens with zero attached hydrogens (tertiary/aromatic N) is 2. The molecule has 2 aliphatic rings. The van der Waals surface area contributed by atoms with Crippen LogP contribution in [0.4, 0.5) is 10.5 Å². The van der Waals surface area contributed by atoms with Crippen LogP contribution in [0.2, 0.25) is 0 Å². The number of fused-ring (bicyclic) bond motifs is 1. The second kappa shape index (κ2) is 13.7. The van der Waals surface area contributed by atoms with Gasteiger partial charge in [0.15, 0.2) is 5.75 Å². The first-order chi connectivity index (χ1) is 19.3. The number of carbonyl (C=O) groups excluding carboxylic acids is 3. The van der Waals surface area contributed by atoms with E-state index < -0.39 is 12.1 Å². The van der Waals surface area contributed by atoms with Crippen LogP contribution in [0.25, 0.3) is 0 Å². The molecule has 1 fully saturated rings. The third kappa shape index (κ3) is 7.33. The number of para-hydroxylation sites is 1. The van der Waals surface area contributed by atoms with Gasteiger partial charge in [-0.25, -0.2) is 4.79 Å². The molecule has 2 aromatic carbocycles. The van der Waals surface area contributed by atoms with Crippen LogP contribution in [0.3, 0.4) is 0 Å². The topological polar surface area (TPSA) is 111 Å². The van der Waals surface area contributed by atoms with Crippen molar-refractivity contribution in [1.29, 1.82) is 0 Å². The van der Waals surface area contributed by atoms with E-state index in [-0.39, 0.29) is 48.6 Å². The van der Waals surface area contributed by atoms with Gasteiger partial charge in [0.05, 0.1) is 36.9 Å². The Labute approximate surface area is 236 Å². The Kier molecular flexibility index (Phi) is 10.0. The molecule has 4 rings (SSSR count). The number of aliphatic hydroxyl groups is 1. The van der Waals surface area contributed by atoms with Crippen molar-refractivity contribution in [2.75, 3.05) is 32.1 Å². The molecule has 1 heterocycles. The molecule has 0 unspecified atom stereocenters. The number of benzene rings is 2. The highest BCUT2D eigenvalue weighted by atomic mass is 16.5. The number of nitrogens with one attached hydrogen (secondary N) is 2. The monoisotopic (exact) mass is 550 g/mol. The smallest absolute Gasteiger partial charge is 0.317 e. The molecule has 40 heavy (non-hydrogen) atoms. The summed E-state index contributed by atoms with van der Waals surface area (Å²) in [7, 11) is 1.75. The summed E-state index contributed by atoms with van der Waals surface area (Å²) in [5, 5.41) is 16.0. The van der Waals surface area contributed by atoms with Crippen molar-refractivity contribution in [3.05, 3.63) is 59.7 Å². The molecule has 1 aliphatic carbocycles. The minimum atomic E-state index is -0.463. The maximum absolute atomic E-state index is 13.7. The number of amides is 4. The zero-order valence-corrected chi connectivity index (χ0v) is 23.8. The Morgan fingerprint density at radius 3 is 2.52 bits per heavy atom. The zero-order chi connectivity index (χ0) is 28.6. The highest BCUT2D eigenvalue weighted by molar-refractivity contribution is 6.02. The minimum absolute atomic E-state index is 0.147. The van der Waals surface area contributed by atoms with Crippen LogP contribution in [0, 0.1) is 5.92 Å². The SMILES string of the molecule is C[C@H](CO)N1C[C@H](C)[C@@H](CN(C)C(=O)NC2CCCCC2)Oc2c(NC(=O)Cc3ccccc3)cccc2C1=O. The Morgan fingerprint density at radius 1 is 1.10 bits per heavy atom. The molecule has 2 aromatic rings. The number of rotatable bonds is 8. The molecule has 4 amide bonds. The first kappa shape index (κ1) is 29.4. The zero-order valence-electron chi connectivity index (χ0n) is 23.8. The minimum Gasteiger partial charge on any atom is -0.485 e. The summed E-state index contributed by atoms with van der Waals surface area (Å²) >= 11 is 0. The van der Waals surface area contributed by atoms with Crippen LogP contribution in [0.1, 0.15) is 61.9 Å². The Hall–Kier alpha value is -3.59. The molecular formula is C31H42N4O5. The van der Waals surface area contributed by atoms with Gasteiger partial charge in [0.2, 0.25) is 5.91 Å². The number of aliphatic hydroxyl groups excluding tert-OH is 1. The van der Waals surface area contributed by atoms with E-state index in [1.807, 2.05) is 37.3 Å². The maximum Gasteiger partial charge on any atom is 0.317 e. The first-order valence-corrected chi connectivity index (χ1v) is 14.3. The number of hydrogen-bond acceptors (Lipinski definition) is 5. The van der Waals surface area contributed by atoms with E-state index in [1.165, 1.54) is 6.42 Å². The number of urea groups is 1. The number of likely N-dealkylation sites (N-methyl/N-ethyl adjacent to an activating group) is 1. The van der Waals surface area contributed by atoms with Crippen molar-refractivity contribution in [1.82, 2.24) is 15.1 Å². The van der Waals surface area contributed by atoms with Crippen LogP contribution >= 0.6 is 0 Å². The van der Waals surface area contributed by atoms with Gasteiger partial charge < -0.3 is 30.3 Å². The van der Waals surface area contributed by atoms with Crippen LogP contribution in [0.5, 0.6) is 5.75 Å². The van der Waals surface area contributed by atoms with Crippen molar-refractivity contribution in [3.63, 3.8) is 0 Å². The summed E-state index contributed by atoms with van der Waals surface area (Å²) in [5.74, 6) is -0.387. The fourth-order valence-electron chi connectivity index (χ4n) is 5.42. The average molecular weight is 551 g/mol. The molecule has 1 aliphatic heterocycles. The van der Waals surface area contributed by atoms with Gasteiger partial charge in [0.25, 0.3) is 5.91 Å². The molecule has 216 valence electrons. The summed E-state index contributed by atoms with van der Waals surface area (Å²) in [6.07, 6.45) is 5.16. The lowest BCUT2D eigenvalue weighted by atomic mass is 9.96. The summed E-state index contributed by atoms with van der Waals surface area (Å²) in [5.41, 5.74) is 1.58. The third-order valence-electron chi connectivity index (χ3n) is 7.91. The fraction of sp³-hybridized carbons (Fsp3) is 0.516. The van der Waals surface area contributed by atoms with Gasteiger partial charge in [-0.1, -0.05) is 62.6 Å². The summed E-state index contributed by atoms with van der Waals surface area (Å²) in [4.78, 5) is 43.0. The second-order valence-electron chi connectivity index (χ2n) is 11.2. The highest BCUT2D eigenvalue weighted by Crippen LogP contribution is 2.35. The Morgan fingerprint density at radius 2 is 1.82 bits per heavy atom. The van der Waals surface area contributed by atoms with Crippen LogP contribution in [0.15, 0.2) is 48.5 Å². The summed E-state index contributed by atoms with van der Waals surface area (Å²) in [6, 6.07) is 14.2. The molecule has 9 heteroatoms. The quantitative estimate of drug-likeness (QED) is 0.459. The van der Waals surface area contributed by atoms with Gasteiger partial charge in [-0.05, 0) is 37.5 Å². The lowest BCUT2D eigenvalue weighted by molar-refractivity contribution is -0.115. The van der Waals surface area contributed by atoms with E-state index in [2.05, 4.69) is 10.6 Å². The molecule has 0 aromatic heterocycles. The third-order valence-corrected chi connectivity index (χ3v) is 7.91. The standard InChI is InChI=1S/C31H42N4O5/c1-21-18-35(22(2)20-36)30(38)25-15-10-16-26(33-28(37)17-23-11-6-4-7-12-23)29(25)40-27(21)19-34(3)31(39)32-24-13-8-5-9-14-24/h4,6-7,10-12,15-16,21-22,24,27,36H,5,8-9,13-14,17-20H2,1-3H3,(H,32,39)(H,33,37)/t21-,22+,27+/m0/s1. The van der Waals surface area contributed by atoms with E-state index in [4.69, 9.17) is 4.74 Å². The van der Waals surface area contributed by atoms with Gasteiger partial charge in [0.1, 0.15) is 6.10 Å². The molecule has 0 saturated heterocycles. The molecule has 0 spiro atoms. The summed E-state index contributed by atoms with van der Waals surface area (Å²) < 4.78 is 6.53. The molecule has 0 bridgehead atoms. The summed E-state index contributed by atoms with van der Waals surface area (Å²) in [6.45, 7) is 4.24. The van der Waals surface area contributed by atoms with E-state index >= 15 is 0 Å². The van der Waals surface area contributed by atoms with Gasteiger partial charge in [-0.2, -0.15) is 0 Å². The normalized spacial score (nSPS) is 20.4. The molecule has 1 saturated carbocycles. The molecule has 3 atom stereocenters. The molecule has 0 radical (unpaired) electrons. The lowest BCUT2D eigenvalue weighted by Crippen LogP contribution is -2.52. The fourth-order valence-corrected chi connectivity index (χ4v) is 5.42. The van der Waals surface area contributed by atoms with E-state index in [1.54, 1.807) is 42.0 Å².